The molecule has 0 N–H and O–H groups in total. The first-order valence-electron chi connectivity index (χ1n) is 6.18. The Hall–Kier alpha value is -0.900. The van der Waals surface area contributed by atoms with Crippen molar-refractivity contribution in [1.82, 2.24) is 4.90 Å². The van der Waals surface area contributed by atoms with E-state index in [0.29, 0.717) is 19.6 Å². The van der Waals surface area contributed by atoms with Crippen LogP contribution in [-0.4, -0.2) is 43.0 Å². The van der Waals surface area contributed by atoms with E-state index in [1.807, 2.05) is 31.2 Å². The monoisotopic (exact) mass is 267 g/mol. The van der Waals surface area contributed by atoms with Crippen LogP contribution in [-0.2, 0) is 16.0 Å². The summed E-state index contributed by atoms with van der Waals surface area (Å²) in [6, 6.07) is 7.68. The van der Waals surface area contributed by atoms with Crippen molar-refractivity contribution >= 4 is 17.9 Å². The highest BCUT2D eigenvalue weighted by molar-refractivity contribution is 6.30. The average molecular weight is 268 g/mol. The van der Waals surface area contributed by atoms with Crippen LogP contribution in [0.1, 0.15) is 12.5 Å². The molecule has 98 valence electrons. The molecule has 1 aliphatic heterocycles. The van der Waals surface area contributed by atoms with Gasteiger partial charge in [-0.2, -0.15) is 0 Å². The maximum atomic E-state index is 11.5. The van der Waals surface area contributed by atoms with Gasteiger partial charge in [-0.15, -0.1) is 0 Å². The summed E-state index contributed by atoms with van der Waals surface area (Å²) in [5.41, 5.74) is 0.665. The van der Waals surface area contributed by atoms with Crippen LogP contribution in [0.15, 0.2) is 24.3 Å². The van der Waals surface area contributed by atoms with Gasteiger partial charge >= 0.3 is 0 Å². The summed E-state index contributed by atoms with van der Waals surface area (Å²) >= 11 is 5.87. The zero-order chi connectivity index (χ0) is 13.0. The molecule has 2 rings (SSSR count). The first-order valence-corrected chi connectivity index (χ1v) is 6.55. The van der Waals surface area contributed by atoms with Crippen molar-refractivity contribution in [2.75, 3.05) is 26.3 Å². The highest BCUT2D eigenvalue weighted by Gasteiger charge is 2.32. The lowest BCUT2D eigenvalue weighted by Gasteiger charge is -2.39. The van der Waals surface area contributed by atoms with Crippen LogP contribution < -0.4 is 0 Å². The predicted molar refractivity (Wildman–Crippen MR) is 72.0 cm³/mol. The van der Waals surface area contributed by atoms with E-state index in [1.165, 1.54) is 0 Å². The molecule has 0 spiro atoms. The second kappa shape index (κ2) is 5.83. The van der Waals surface area contributed by atoms with Gasteiger partial charge < -0.3 is 9.53 Å². The van der Waals surface area contributed by atoms with E-state index in [4.69, 9.17) is 16.3 Å². The minimum Gasteiger partial charge on any atom is -0.379 e. The fraction of sp³-hybridized carbons (Fsp3) is 0.500. The van der Waals surface area contributed by atoms with E-state index in [-0.39, 0.29) is 0 Å². The predicted octanol–water partition coefficient (Wildman–Crippen LogP) is 2.17. The Kier molecular flexibility index (Phi) is 4.38. The first kappa shape index (κ1) is 13.5. The number of benzene rings is 1. The van der Waals surface area contributed by atoms with Crippen LogP contribution in [0.4, 0.5) is 0 Å². The lowest BCUT2D eigenvalue weighted by molar-refractivity contribution is -0.120. The maximum absolute atomic E-state index is 11.5. The summed E-state index contributed by atoms with van der Waals surface area (Å²) in [6.07, 6.45) is 1.75. The van der Waals surface area contributed by atoms with Gasteiger partial charge in [-0.25, -0.2) is 0 Å². The molecular formula is C14H18ClNO2. The van der Waals surface area contributed by atoms with Crippen molar-refractivity contribution < 1.29 is 9.53 Å². The Morgan fingerprint density at radius 3 is 2.50 bits per heavy atom. The number of ether oxygens (including phenoxy) is 1. The van der Waals surface area contributed by atoms with E-state index in [9.17, 15) is 4.79 Å². The molecule has 0 aliphatic carbocycles. The number of carbonyl (C=O) groups excluding carboxylic acids is 1. The maximum Gasteiger partial charge on any atom is 0.140 e. The summed E-state index contributed by atoms with van der Waals surface area (Å²) in [7, 11) is 0. The normalized spacial score (nSPS) is 20.3. The molecule has 1 aliphatic rings. The summed E-state index contributed by atoms with van der Waals surface area (Å²) in [5, 5.41) is 0.720. The summed E-state index contributed by atoms with van der Waals surface area (Å²) in [4.78, 5) is 13.7. The first-order chi connectivity index (χ1) is 8.64. The average Bonchev–Trinajstić information content (AvgIpc) is 2.42. The second-order valence-corrected chi connectivity index (χ2v) is 5.31. The third-order valence-corrected chi connectivity index (χ3v) is 3.71. The van der Waals surface area contributed by atoms with Gasteiger partial charge in [0, 0.05) is 18.1 Å². The van der Waals surface area contributed by atoms with Crippen molar-refractivity contribution in [2.24, 2.45) is 0 Å². The van der Waals surface area contributed by atoms with Gasteiger partial charge in [-0.05, 0) is 31.0 Å². The Balaban J connectivity index is 2.11. The minimum atomic E-state index is -0.461. The number of hydrogen-bond acceptors (Lipinski definition) is 3. The van der Waals surface area contributed by atoms with E-state index >= 15 is 0 Å². The summed E-state index contributed by atoms with van der Waals surface area (Å²) < 4.78 is 5.33. The highest BCUT2D eigenvalue weighted by atomic mass is 35.5. The molecule has 1 atom stereocenters. The van der Waals surface area contributed by atoms with Gasteiger partial charge in [-0.1, -0.05) is 23.7 Å². The van der Waals surface area contributed by atoms with Gasteiger partial charge in [-0.3, -0.25) is 4.90 Å². The van der Waals surface area contributed by atoms with Gasteiger partial charge in [0.05, 0.1) is 18.8 Å². The smallest absolute Gasteiger partial charge is 0.140 e. The Bertz CT molecular complexity index is 401. The SMILES string of the molecule is CC(C=O)(Cc1ccc(Cl)cc1)N1CCOCC1. The quantitative estimate of drug-likeness (QED) is 0.783. The molecule has 1 fully saturated rings. The van der Waals surface area contributed by atoms with Gasteiger partial charge in [0.15, 0.2) is 0 Å². The molecule has 0 bridgehead atoms. The second-order valence-electron chi connectivity index (χ2n) is 4.88. The Labute approximate surface area is 113 Å². The third kappa shape index (κ3) is 3.10. The number of carbonyl (C=O) groups is 1. The molecule has 1 unspecified atom stereocenters. The number of rotatable bonds is 4. The number of aldehydes is 1. The van der Waals surface area contributed by atoms with E-state index in [2.05, 4.69) is 4.90 Å². The van der Waals surface area contributed by atoms with Crippen molar-refractivity contribution in [3.8, 4) is 0 Å². The van der Waals surface area contributed by atoms with Gasteiger partial charge in [0.25, 0.3) is 0 Å². The molecule has 1 saturated heterocycles. The topological polar surface area (TPSA) is 29.5 Å². The van der Waals surface area contributed by atoms with Crippen LogP contribution in [0.25, 0.3) is 0 Å². The molecule has 4 heteroatoms. The fourth-order valence-corrected chi connectivity index (χ4v) is 2.44. The molecule has 1 aromatic carbocycles. The number of hydrogen-bond donors (Lipinski definition) is 0. The zero-order valence-electron chi connectivity index (χ0n) is 10.6. The molecule has 1 aromatic rings. The Morgan fingerprint density at radius 2 is 1.94 bits per heavy atom. The van der Waals surface area contributed by atoms with Crippen LogP contribution >= 0.6 is 11.6 Å². The minimum absolute atomic E-state index is 0.461. The van der Waals surface area contributed by atoms with Crippen molar-refractivity contribution in [1.29, 1.82) is 0 Å². The van der Waals surface area contributed by atoms with E-state index < -0.39 is 5.54 Å². The number of halogens is 1. The Morgan fingerprint density at radius 1 is 1.33 bits per heavy atom. The van der Waals surface area contributed by atoms with Gasteiger partial charge in [0.1, 0.15) is 6.29 Å². The van der Waals surface area contributed by atoms with E-state index in [1.54, 1.807) is 0 Å². The summed E-state index contributed by atoms with van der Waals surface area (Å²) in [5.74, 6) is 0. The van der Waals surface area contributed by atoms with Crippen molar-refractivity contribution in [3.05, 3.63) is 34.9 Å². The lowest BCUT2D eigenvalue weighted by Crippen LogP contribution is -2.54. The van der Waals surface area contributed by atoms with Gasteiger partial charge in [0.2, 0.25) is 0 Å². The molecular weight excluding hydrogens is 250 g/mol. The molecule has 3 nitrogen and oxygen atoms in total. The van der Waals surface area contributed by atoms with Crippen LogP contribution in [0.2, 0.25) is 5.02 Å². The highest BCUT2D eigenvalue weighted by Crippen LogP contribution is 2.21. The molecule has 0 aromatic heterocycles. The lowest BCUT2D eigenvalue weighted by atomic mass is 9.92. The molecule has 0 amide bonds. The summed E-state index contributed by atoms with van der Waals surface area (Å²) in [6.45, 7) is 5.00. The molecule has 18 heavy (non-hydrogen) atoms. The van der Waals surface area contributed by atoms with Crippen LogP contribution in [0.5, 0.6) is 0 Å². The largest absolute Gasteiger partial charge is 0.379 e. The molecule has 0 saturated carbocycles. The fourth-order valence-electron chi connectivity index (χ4n) is 2.32. The number of nitrogens with zero attached hydrogens (tertiary/aromatic N) is 1. The zero-order valence-corrected chi connectivity index (χ0v) is 11.3. The van der Waals surface area contributed by atoms with Crippen molar-refractivity contribution in [2.45, 2.75) is 18.9 Å². The molecule has 0 radical (unpaired) electrons. The number of morpholine rings is 1. The molecule has 1 heterocycles. The van der Waals surface area contributed by atoms with Crippen molar-refractivity contribution in [3.63, 3.8) is 0 Å². The van der Waals surface area contributed by atoms with Crippen LogP contribution in [0, 0.1) is 0 Å². The van der Waals surface area contributed by atoms with E-state index in [0.717, 1.165) is 30.0 Å². The van der Waals surface area contributed by atoms with Crippen LogP contribution in [0.3, 0.4) is 0 Å². The third-order valence-electron chi connectivity index (χ3n) is 3.46. The standard InChI is InChI=1S/C14H18ClNO2/c1-14(11-17,16-6-8-18-9-7-16)10-12-2-4-13(15)5-3-12/h2-5,11H,6-10H2,1H3.